The van der Waals surface area contributed by atoms with E-state index in [-0.39, 0.29) is 17.1 Å². The number of hydrogen-bond donors (Lipinski definition) is 0. The predicted octanol–water partition coefficient (Wildman–Crippen LogP) is 4.61. The van der Waals surface area contributed by atoms with Gasteiger partial charge in [0.05, 0.1) is 5.38 Å². The summed E-state index contributed by atoms with van der Waals surface area (Å²) in [6, 6.07) is 9.03. The first-order chi connectivity index (χ1) is 8.59. The quantitative estimate of drug-likeness (QED) is 0.737. The fourth-order valence-electron chi connectivity index (χ4n) is 1.91. The van der Waals surface area contributed by atoms with Crippen molar-refractivity contribution in [3.8, 4) is 0 Å². The Hall–Kier alpha value is -1.41. The maximum Gasteiger partial charge on any atom is 0.126 e. The topological polar surface area (TPSA) is 12.9 Å². The third kappa shape index (κ3) is 2.70. The van der Waals surface area contributed by atoms with Gasteiger partial charge in [-0.1, -0.05) is 19.1 Å². The first kappa shape index (κ1) is 13.0. The molecule has 2 atom stereocenters. The molecule has 2 rings (SSSR count). The minimum atomic E-state index is -0.248. The Morgan fingerprint density at radius 3 is 2.39 bits per heavy atom. The number of aryl methyl sites for hydroxylation is 1. The van der Waals surface area contributed by atoms with Crippen molar-refractivity contribution in [1.29, 1.82) is 0 Å². The second-order valence-corrected chi connectivity index (χ2v) is 4.95. The molecule has 2 unspecified atom stereocenters. The van der Waals surface area contributed by atoms with E-state index in [1.54, 1.807) is 25.4 Å². The van der Waals surface area contributed by atoms with Crippen LogP contribution in [0.25, 0.3) is 0 Å². The molecule has 1 nitrogen and oxygen atoms in total. The highest BCUT2D eigenvalue weighted by Gasteiger charge is 2.19. The SMILES string of the molecule is Cc1ccc(C(Cl)C(C)c2ccncc2)cc1F. The van der Waals surface area contributed by atoms with E-state index >= 15 is 0 Å². The van der Waals surface area contributed by atoms with Crippen molar-refractivity contribution in [2.45, 2.75) is 25.1 Å². The molecule has 0 saturated carbocycles. The summed E-state index contributed by atoms with van der Waals surface area (Å²) in [7, 11) is 0. The van der Waals surface area contributed by atoms with Gasteiger partial charge in [-0.15, -0.1) is 11.6 Å². The summed E-state index contributed by atoms with van der Waals surface area (Å²) in [4.78, 5) is 3.98. The van der Waals surface area contributed by atoms with E-state index in [0.717, 1.165) is 11.1 Å². The lowest BCUT2D eigenvalue weighted by molar-refractivity contribution is 0.612. The molecule has 1 aromatic carbocycles. The maximum absolute atomic E-state index is 13.5. The molecule has 0 aliphatic rings. The van der Waals surface area contributed by atoms with Crippen molar-refractivity contribution in [3.05, 3.63) is 65.2 Å². The standard InChI is InChI=1S/C15H15ClFN/c1-10-3-4-13(9-14(10)17)15(16)11(2)12-5-7-18-8-6-12/h3-9,11,15H,1-2H3. The van der Waals surface area contributed by atoms with Crippen LogP contribution in [0.5, 0.6) is 0 Å². The Balaban J connectivity index is 2.25. The molecule has 0 N–H and O–H groups in total. The summed E-state index contributed by atoms with van der Waals surface area (Å²) in [6.45, 7) is 3.78. The van der Waals surface area contributed by atoms with Gasteiger partial charge in [0.1, 0.15) is 5.82 Å². The Bertz CT molecular complexity index is 527. The van der Waals surface area contributed by atoms with Crippen LogP contribution in [0, 0.1) is 12.7 Å². The Kier molecular flexibility index (Phi) is 3.97. The van der Waals surface area contributed by atoms with E-state index in [1.807, 2.05) is 25.1 Å². The van der Waals surface area contributed by atoms with Crippen LogP contribution in [0.1, 0.15) is 34.9 Å². The lowest BCUT2D eigenvalue weighted by Gasteiger charge is -2.19. The van der Waals surface area contributed by atoms with Crippen LogP contribution in [-0.2, 0) is 0 Å². The van der Waals surface area contributed by atoms with Crippen molar-refractivity contribution in [2.24, 2.45) is 0 Å². The molecule has 0 radical (unpaired) electrons. The molecule has 1 aromatic heterocycles. The number of aromatic nitrogens is 1. The Morgan fingerprint density at radius 1 is 1.11 bits per heavy atom. The molecule has 94 valence electrons. The average Bonchev–Trinajstić information content (AvgIpc) is 2.41. The third-order valence-corrected chi connectivity index (χ3v) is 3.82. The molecule has 0 fully saturated rings. The van der Waals surface area contributed by atoms with Gasteiger partial charge in [-0.25, -0.2) is 4.39 Å². The number of benzene rings is 1. The van der Waals surface area contributed by atoms with Crippen molar-refractivity contribution in [3.63, 3.8) is 0 Å². The van der Waals surface area contributed by atoms with Gasteiger partial charge in [0.25, 0.3) is 0 Å². The number of hydrogen-bond acceptors (Lipinski definition) is 1. The van der Waals surface area contributed by atoms with Crippen LogP contribution in [-0.4, -0.2) is 4.98 Å². The van der Waals surface area contributed by atoms with Gasteiger partial charge >= 0.3 is 0 Å². The van der Waals surface area contributed by atoms with E-state index in [4.69, 9.17) is 11.6 Å². The molecule has 3 heteroatoms. The zero-order chi connectivity index (χ0) is 13.1. The van der Waals surface area contributed by atoms with Crippen LogP contribution in [0.2, 0.25) is 0 Å². The van der Waals surface area contributed by atoms with E-state index in [2.05, 4.69) is 4.98 Å². The monoisotopic (exact) mass is 263 g/mol. The maximum atomic E-state index is 13.5. The molecule has 0 aliphatic heterocycles. The third-order valence-electron chi connectivity index (χ3n) is 3.19. The van der Waals surface area contributed by atoms with E-state index in [9.17, 15) is 4.39 Å². The zero-order valence-corrected chi connectivity index (χ0v) is 11.2. The number of pyridine rings is 1. The number of halogens is 2. The summed E-state index contributed by atoms with van der Waals surface area (Å²) in [6.07, 6.45) is 3.48. The van der Waals surface area contributed by atoms with Gasteiger partial charge in [0.2, 0.25) is 0 Å². The van der Waals surface area contributed by atoms with E-state index in [0.29, 0.717) is 5.56 Å². The van der Waals surface area contributed by atoms with Gasteiger partial charge in [-0.3, -0.25) is 4.98 Å². The number of nitrogens with zero attached hydrogens (tertiary/aromatic N) is 1. The summed E-state index contributed by atoms with van der Waals surface area (Å²) in [5.41, 5.74) is 2.55. The number of rotatable bonds is 3. The van der Waals surface area contributed by atoms with Gasteiger partial charge < -0.3 is 0 Å². The molecule has 2 aromatic rings. The molecular formula is C15H15ClFN. The van der Waals surface area contributed by atoms with Crippen molar-refractivity contribution in [2.75, 3.05) is 0 Å². The van der Waals surface area contributed by atoms with Crippen molar-refractivity contribution in [1.82, 2.24) is 4.98 Å². The average molecular weight is 264 g/mol. The molecule has 0 aliphatic carbocycles. The highest BCUT2D eigenvalue weighted by atomic mass is 35.5. The normalized spacial score (nSPS) is 14.2. The fraction of sp³-hybridized carbons (Fsp3) is 0.267. The Morgan fingerprint density at radius 2 is 1.78 bits per heavy atom. The number of alkyl halides is 1. The van der Waals surface area contributed by atoms with Gasteiger partial charge in [-0.2, -0.15) is 0 Å². The smallest absolute Gasteiger partial charge is 0.126 e. The predicted molar refractivity (Wildman–Crippen MR) is 72.4 cm³/mol. The van der Waals surface area contributed by atoms with Crippen LogP contribution in [0.15, 0.2) is 42.7 Å². The summed E-state index contributed by atoms with van der Waals surface area (Å²) in [5.74, 6) is -0.100. The van der Waals surface area contributed by atoms with Crippen LogP contribution in [0.3, 0.4) is 0 Å². The minimum Gasteiger partial charge on any atom is -0.265 e. The lowest BCUT2D eigenvalue weighted by atomic mass is 9.93. The van der Waals surface area contributed by atoms with E-state index in [1.165, 1.54) is 6.07 Å². The highest BCUT2D eigenvalue weighted by molar-refractivity contribution is 6.21. The molecule has 0 bridgehead atoms. The summed E-state index contributed by atoms with van der Waals surface area (Å²) >= 11 is 6.43. The van der Waals surface area contributed by atoms with Gasteiger partial charge in [-0.05, 0) is 41.8 Å². The second-order valence-electron chi connectivity index (χ2n) is 4.48. The van der Waals surface area contributed by atoms with Crippen molar-refractivity contribution < 1.29 is 4.39 Å². The lowest BCUT2D eigenvalue weighted by Crippen LogP contribution is -2.03. The molecule has 0 spiro atoms. The molecule has 1 heterocycles. The fourth-order valence-corrected chi connectivity index (χ4v) is 2.19. The van der Waals surface area contributed by atoms with E-state index < -0.39 is 0 Å². The highest BCUT2D eigenvalue weighted by Crippen LogP contribution is 2.36. The second kappa shape index (κ2) is 5.49. The molecule has 18 heavy (non-hydrogen) atoms. The Labute approximate surface area is 112 Å². The summed E-state index contributed by atoms with van der Waals surface area (Å²) < 4.78 is 13.5. The molecule has 0 saturated heterocycles. The molecule has 0 amide bonds. The molecular weight excluding hydrogens is 249 g/mol. The largest absolute Gasteiger partial charge is 0.265 e. The van der Waals surface area contributed by atoms with Crippen LogP contribution >= 0.6 is 11.6 Å². The van der Waals surface area contributed by atoms with Gasteiger partial charge in [0, 0.05) is 18.3 Å². The first-order valence-corrected chi connectivity index (χ1v) is 6.33. The van der Waals surface area contributed by atoms with Crippen LogP contribution in [0.4, 0.5) is 4.39 Å². The van der Waals surface area contributed by atoms with Crippen molar-refractivity contribution >= 4 is 11.6 Å². The van der Waals surface area contributed by atoms with Gasteiger partial charge in [0.15, 0.2) is 0 Å². The first-order valence-electron chi connectivity index (χ1n) is 5.89. The van der Waals surface area contributed by atoms with Crippen LogP contribution < -0.4 is 0 Å². The summed E-state index contributed by atoms with van der Waals surface area (Å²) in [5, 5.41) is -0.248. The zero-order valence-electron chi connectivity index (χ0n) is 10.4. The minimum absolute atomic E-state index is 0.108.